The quantitative estimate of drug-likeness (QED) is 0.541. The Morgan fingerprint density at radius 2 is 1.94 bits per heavy atom. The molecule has 31 heavy (non-hydrogen) atoms. The van der Waals surface area contributed by atoms with Crippen molar-refractivity contribution in [1.29, 1.82) is 0 Å². The van der Waals surface area contributed by atoms with Crippen molar-refractivity contribution in [3.8, 4) is 0 Å². The molecule has 2 aromatic rings. The van der Waals surface area contributed by atoms with E-state index in [1.807, 2.05) is 6.07 Å². The largest absolute Gasteiger partial charge is 0.416 e. The van der Waals surface area contributed by atoms with Crippen molar-refractivity contribution in [1.82, 2.24) is 10.3 Å². The third-order valence-electron chi connectivity index (χ3n) is 5.66. The molecule has 1 fully saturated rings. The number of nitrogens with one attached hydrogen (secondary N) is 2. The number of halogens is 3. The van der Waals surface area contributed by atoms with Gasteiger partial charge < -0.3 is 15.4 Å². The highest BCUT2D eigenvalue weighted by molar-refractivity contribution is 5.68. The molecule has 7 heteroatoms. The van der Waals surface area contributed by atoms with Gasteiger partial charge in [-0.3, -0.25) is 0 Å². The number of hydrogen-bond acceptors (Lipinski definition) is 4. The molecule has 168 valence electrons. The van der Waals surface area contributed by atoms with Gasteiger partial charge in [0.2, 0.25) is 0 Å². The van der Waals surface area contributed by atoms with Gasteiger partial charge >= 0.3 is 6.18 Å². The molecule has 3 rings (SSSR count). The Morgan fingerprint density at radius 1 is 1.23 bits per heavy atom. The molecule has 0 spiro atoms. The molecule has 4 nitrogen and oxygen atoms in total. The molecule has 2 N–H and O–H groups in total. The fraction of sp³-hybridized carbons (Fsp3) is 0.458. The summed E-state index contributed by atoms with van der Waals surface area (Å²) in [4.78, 5) is 4.45. The number of aromatic nitrogens is 1. The van der Waals surface area contributed by atoms with Gasteiger partial charge in [0.1, 0.15) is 5.82 Å². The van der Waals surface area contributed by atoms with E-state index in [2.05, 4.69) is 36.0 Å². The van der Waals surface area contributed by atoms with Gasteiger partial charge in [0.05, 0.1) is 5.56 Å². The number of benzene rings is 1. The Balaban J connectivity index is 1.78. The van der Waals surface area contributed by atoms with Crippen LogP contribution in [0.5, 0.6) is 0 Å². The molecule has 1 saturated heterocycles. The molecule has 0 radical (unpaired) electrons. The molecule has 2 heterocycles. The molecule has 1 aromatic heterocycles. The summed E-state index contributed by atoms with van der Waals surface area (Å²) >= 11 is 0. The first-order valence-corrected chi connectivity index (χ1v) is 10.6. The summed E-state index contributed by atoms with van der Waals surface area (Å²) < 4.78 is 44.7. The third-order valence-corrected chi connectivity index (χ3v) is 5.66. The second kappa shape index (κ2) is 9.73. The molecule has 0 amide bonds. The highest BCUT2D eigenvalue weighted by Gasteiger charge is 2.30. The summed E-state index contributed by atoms with van der Waals surface area (Å²) in [5, 5.41) is 6.49. The third kappa shape index (κ3) is 6.00. The van der Waals surface area contributed by atoms with Crippen LogP contribution in [-0.2, 0) is 10.9 Å². The summed E-state index contributed by atoms with van der Waals surface area (Å²) in [5.41, 5.74) is 3.19. The van der Waals surface area contributed by atoms with Crippen LogP contribution in [0.1, 0.15) is 54.9 Å². The van der Waals surface area contributed by atoms with Crippen LogP contribution in [0.15, 0.2) is 37.0 Å². The van der Waals surface area contributed by atoms with Gasteiger partial charge in [0.15, 0.2) is 0 Å². The lowest BCUT2D eigenvalue weighted by Gasteiger charge is -2.24. The maximum Gasteiger partial charge on any atom is 0.416 e. The van der Waals surface area contributed by atoms with Crippen LogP contribution in [0.4, 0.5) is 24.7 Å². The molecular weight excluding hydrogens is 403 g/mol. The molecule has 1 aliphatic rings. The highest BCUT2D eigenvalue weighted by atomic mass is 19.4. The van der Waals surface area contributed by atoms with Crippen LogP contribution in [-0.4, -0.2) is 24.7 Å². The molecule has 1 aliphatic heterocycles. The fourth-order valence-corrected chi connectivity index (χ4v) is 3.65. The molecule has 0 saturated carbocycles. The van der Waals surface area contributed by atoms with Crippen molar-refractivity contribution in [3.63, 3.8) is 0 Å². The Labute approximate surface area is 181 Å². The second-order valence-electron chi connectivity index (χ2n) is 8.38. The molecule has 1 aromatic carbocycles. The van der Waals surface area contributed by atoms with Crippen LogP contribution in [0.2, 0.25) is 0 Å². The number of aryl methyl sites for hydroxylation is 1. The van der Waals surface area contributed by atoms with Gasteiger partial charge in [-0.25, -0.2) is 4.98 Å². The van der Waals surface area contributed by atoms with Crippen molar-refractivity contribution in [2.45, 2.75) is 45.7 Å². The molecule has 0 bridgehead atoms. The Morgan fingerprint density at radius 3 is 2.58 bits per heavy atom. The molecule has 0 aliphatic carbocycles. The topological polar surface area (TPSA) is 46.2 Å². The van der Waals surface area contributed by atoms with Crippen molar-refractivity contribution >= 4 is 17.2 Å². The summed E-state index contributed by atoms with van der Waals surface area (Å²) in [6.45, 7) is 12.5. The second-order valence-corrected chi connectivity index (χ2v) is 8.38. The number of nitrogens with zero attached hydrogens (tertiary/aromatic N) is 1. The van der Waals surface area contributed by atoms with E-state index in [0.29, 0.717) is 23.0 Å². The SMILES string of the molecule is C=C(NCC1CCOCC1)c1cnc(Nc2cc(C(F)(F)F)ccc2C)cc1C(C)C. The van der Waals surface area contributed by atoms with E-state index >= 15 is 0 Å². The number of alkyl halides is 3. The summed E-state index contributed by atoms with van der Waals surface area (Å²) in [5.74, 6) is 1.26. The summed E-state index contributed by atoms with van der Waals surface area (Å²) in [7, 11) is 0. The van der Waals surface area contributed by atoms with Crippen molar-refractivity contribution in [2.75, 3.05) is 25.1 Å². The first-order chi connectivity index (χ1) is 14.6. The van der Waals surface area contributed by atoms with Gasteiger partial charge in [-0.15, -0.1) is 0 Å². The smallest absolute Gasteiger partial charge is 0.385 e. The van der Waals surface area contributed by atoms with Gasteiger partial charge in [0, 0.05) is 42.9 Å². The van der Waals surface area contributed by atoms with Gasteiger partial charge in [-0.2, -0.15) is 13.2 Å². The van der Waals surface area contributed by atoms with E-state index in [-0.39, 0.29) is 5.92 Å². The summed E-state index contributed by atoms with van der Waals surface area (Å²) in [6, 6.07) is 5.56. The zero-order valence-corrected chi connectivity index (χ0v) is 18.3. The monoisotopic (exact) mass is 433 g/mol. The molecular formula is C24H30F3N3O. The zero-order chi connectivity index (χ0) is 22.6. The van der Waals surface area contributed by atoms with Crippen molar-refractivity contribution in [3.05, 3.63) is 59.3 Å². The molecule has 0 atom stereocenters. The van der Waals surface area contributed by atoms with E-state index in [0.717, 1.165) is 61.6 Å². The number of anilines is 2. The Kier molecular flexibility index (Phi) is 7.26. The number of ether oxygens (including phenoxy) is 1. The first-order valence-electron chi connectivity index (χ1n) is 10.6. The maximum atomic E-state index is 13.1. The number of hydrogen-bond donors (Lipinski definition) is 2. The minimum Gasteiger partial charge on any atom is -0.385 e. The highest BCUT2D eigenvalue weighted by Crippen LogP contribution is 2.33. The average molecular weight is 434 g/mol. The van der Waals surface area contributed by atoms with Crippen LogP contribution in [0, 0.1) is 12.8 Å². The Bertz CT molecular complexity index is 919. The van der Waals surface area contributed by atoms with Gasteiger partial charge in [-0.05, 0) is 60.9 Å². The first kappa shape index (κ1) is 23.1. The minimum absolute atomic E-state index is 0.197. The minimum atomic E-state index is -4.39. The summed E-state index contributed by atoms with van der Waals surface area (Å²) in [6.07, 6.45) is -0.582. The van der Waals surface area contributed by atoms with Crippen LogP contribution < -0.4 is 10.6 Å². The van der Waals surface area contributed by atoms with Crippen LogP contribution in [0.3, 0.4) is 0 Å². The van der Waals surface area contributed by atoms with E-state index in [4.69, 9.17) is 4.74 Å². The van der Waals surface area contributed by atoms with E-state index in [9.17, 15) is 13.2 Å². The predicted molar refractivity (Wildman–Crippen MR) is 118 cm³/mol. The lowest BCUT2D eigenvalue weighted by Crippen LogP contribution is -2.27. The predicted octanol–water partition coefficient (Wildman–Crippen LogP) is 6.26. The lowest BCUT2D eigenvalue weighted by molar-refractivity contribution is -0.137. The van der Waals surface area contributed by atoms with Gasteiger partial charge in [-0.1, -0.05) is 26.5 Å². The lowest BCUT2D eigenvalue weighted by atomic mass is 9.96. The van der Waals surface area contributed by atoms with Crippen molar-refractivity contribution < 1.29 is 17.9 Å². The standard InChI is InChI=1S/C24H30F3N3O/c1-15(2)20-12-23(30-22-11-19(24(25,26)27)6-5-16(22)3)29-14-21(20)17(4)28-13-18-7-9-31-10-8-18/h5-6,11-12,14-15,18,28H,4,7-10,13H2,1-3H3,(H,29,30). The Hall–Kier alpha value is -2.54. The normalized spacial score (nSPS) is 15.2. The number of rotatable bonds is 7. The van der Waals surface area contributed by atoms with Crippen molar-refractivity contribution in [2.24, 2.45) is 5.92 Å². The van der Waals surface area contributed by atoms with Crippen LogP contribution >= 0.6 is 0 Å². The van der Waals surface area contributed by atoms with Gasteiger partial charge in [0.25, 0.3) is 0 Å². The van der Waals surface area contributed by atoms with E-state index in [1.165, 1.54) is 6.07 Å². The number of pyridine rings is 1. The molecule has 0 unspecified atom stereocenters. The maximum absolute atomic E-state index is 13.1. The van der Waals surface area contributed by atoms with Crippen LogP contribution in [0.25, 0.3) is 5.70 Å². The van der Waals surface area contributed by atoms with E-state index in [1.54, 1.807) is 13.1 Å². The fourth-order valence-electron chi connectivity index (χ4n) is 3.65. The van der Waals surface area contributed by atoms with E-state index < -0.39 is 11.7 Å². The average Bonchev–Trinajstić information content (AvgIpc) is 2.73. The zero-order valence-electron chi connectivity index (χ0n) is 18.3.